The average Bonchev–Trinajstić information content (AvgIpc) is 2.96. The molecule has 1 heterocycles. The number of rotatable bonds is 4. The van der Waals surface area contributed by atoms with Crippen molar-refractivity contribution in [3.63, 3.8) is 0 Å². The standard InChI is InChI=1S/C17H14ClN3O4S2/c1-8-5-10(15(19)22)14(18)11(6-8)16(23)21-17-20-12-4-3-9(27(2,24)25)7-13(12)26-17/h3-7H,1-2H3,(H2,19,22)(H,20,21,23). The first kappa shape index (κ1) is 19.3. The molecule has 10 heteroatoms. The molecule has 3 rings (SSSR count). The number of nitrogens with one attached hydrogen (secondary N) is 1. The van der Waals surface area contributed by atoms with Crippen LogP contribution in [0.15, 0.2) is 35.2 Å². The molecule has 0 fully saturated rings. The fraction of sp³-hybridized carbons (Fsp3) is 0.118. The van der Waals surface area contributed by atoms with Crippen LogP contribution in [0.4, 0.5) is 5.13 Å². The summed E-state index contributed by atoms with van der Waals surface area (Å²) in [5.41, 5.74) is 6.65. The van der Waals surface area contributed by atoms with Crippen LogP contribution in [-0.2, 0) is 9.84 Å². The molecule has 0 aliphatic carbocycles. The first-order chi connectivity index (χ1) is 12.6. The molecule has 1 aromatic heterocycles. The van der Waals surface area contributed by atoms with Crippen molar-refractivity contribution in [1.82, 2.24) is 4.98 Å². The van der Waals surface area contributed by atoms with Gasteiger partial charge in [0.25, 0.3) is 5.91 Å². The predicted octanol–water partition coefficient (Wildman–Crippen LogP) is 3.01. The first-order valence-electron chi connectivity index (χ1n) is 7.58. The molecule has 0 saturated heterocycles. The highest BCUT2D eigenvalue weighted by Gasteiger charge is 2.19. The number of amides is 2. The van der Waals surface area contributed by atoms with E-state index in [1.807, 2.05) is 0 Å². The zero-order valence-electron chi connectivity index (χ0n) is 14.2. The van der Waals surface area contributed by atoms with Gasteiger partial charge in [0, 0.05) is 6.26 Å². The van der Waals surface area contributed by atoms with Crippen molar-refractivity contribution in [2.45, 2.75) is 11.8 Å². The van der Waals surface area contributed by atoms with Crippen LogP contribution in [0.3, 0.4) is 0 Å². The third-order valence-corrected chi connectivity index (χ3v) is 6.19. The van der Waals surface area contributed by atoms with E-state index in [-0.39, 0.29) is 26.2 Å². The molecule has 0 saturated carbocycles. The molecule has 0 aliphatic rings. The lowest BCUT2D eigenvalue weighted by Crippen LogP contribution is -2.17. The Hall–Kier alpha value is -2.49. The molecule has 0 aliphatic heterocycles. The number of nitrogens with two attached hydrogens (primary N) is 1. The van der Waals surface area contributed by atoms with E-state index in [9.17, 15) is 18.0 Å². The minimum absolute atomic E-state index is 0.0360. The van der Waals surface area contributed by atoms with Crippen molar-refractivity contribution in [2.24, 2.45) is 5.73 Å². The predicted molar refractivity (Wildman–Crippen MR) is 105 cm³/mol. The summed E-state index contributed by atoms with van der Waals surface area (Å²) >= 11 is 7.27. The fourth-order valence-electron chi connectivity index (χ4n) is 2.47. The summed E-state index contributed by atoms with van der Waals surface area (Å²) in [6.07, 6.45) is 1.12. The molecule has 2 aromatic carbocycles. The molecule has 0 spiro atoms. The summed E-state index contributed by atoms with van der Waals surface area (Å²) in [7, 11) is -3.34. The van der Waals surface area contributed by atoms with Gasteiger partial charge in [-0.25, -0.2) is 13.4 Å². The molecule has 0 atom stereocenters. The van der Waals surface area contributed by atoms with Crippen molar-refractivity contribution in [3.8, 4) is 0 Å². The normalized spacial score (nSPS) is 11.5. The summed E-state index contributed by atoms with van der Waals surface area (Å²) in [5, 5.41) is 2.86. The van der Waals surface area contributed by atoms with E-state index in [2.05, 4.69) is 10.3 Å². The number of thiazole rings is 1. The van der Waals surface area contributed by atoms with E-state index >= 15 is 0 Å². The van der Waals surface area contributed by atoms with Gasteiger partial charge >= 0.3 is 0 Å². The maximum absolute atomic E-state index is 12.6. The number of primary amides is 1. The minimum atomic E-state index is -3.34. The lowest BCUT2D eigenvalue weighted by Gasteiger charge is -2.08. The number of nitrogens with zero attached hydrogens (tertiary/aromatic N) is 1. The fourth-order valence-corrected chi connectivity index (χ4v) is 4.38. The second-order valence-electron chi connectivity index (χ2n) is 5.91. The smallest absolute Gasteiger partial charge is 0.258 e. The van der Waals surface area contributed by atoms with Crippen molar-refractivity contribution in [2.75, 3.05) is 11.6 Å². The summed E-state index contributed by atoms with van der Waals surface area (Å²) in [6.45, 7) is 1.71. The Kier molecular flexibility index (Phi) is 4.94. The Morgan fingerprint density at radius 3 is 2.48 bits per heavy atom. The maximum atomic E-state index is 12.6. The van der Waals surface area contributed by atoms with Gasteiger partial charge in [-0.05, 0) is 42.8 Å². The number of halogens is 1. The van der Waals surface area contributed by atoms with Crippen LogP contribution in [0.5, 0.6) is 0 Å². The molecule has 2 amide bonds. The monoisotopic (exact) mass is 423 g/mol. The summed E-state index contributed by atoms with van der Waals surface area (Å²) < 4.78 is 23.9. The number of hydrogen-bond acceptors (Lipinski definition) is 6. The minimum Gasteiger partial charge on any atom is -0.366 e. The second-order valence-corrected chi connectivity index (χ2v) is 9.34. The molecule has 27 heavy (non-hydrogen) atoms. The number of carbonyl (C=O) groups is 2. The topological polar surface area (TPSA) is 119 Å². The van der Waals surface area contributed by atoms with Gasteiger partial charge in [0.05, 0.1) is 31.3 Å². The Morgan fingerprint density at radius 2 is 1.85 bits per heavy atom. The molecule has 3 aromatic rings. The first-order valence-corrected chi connectivity index (χ1v) is 10.7. The largest absolute Gasteiger partial charge is 0.366 e. The van der Waals surface area contributed by atoms with Crippen molar-refractivity contribution >= 4 is 59.9 Å². The van der Waals surface area contributed by atoms with Crippen LogP contribution >= 0.6 is 22.9 Å². The number of anilines is 1. The molecular weight excluding hydrogens is 410 g/mol. The Balaban J connectivity index is 1.96. The molecule has 3 N–H and O–H groups in total. The third-order valence-electron chi connectivity index (χ3n) is 3.74. The third kappa shape index (κ3) is 3.95. The van der Waals surface area contributed by atoms with Gasteiger partial charge in [0.15, 0.2) is 15.0 Å². The lowest BCUT2D eigenvalue weighted by atomic mass is 10.1. The number of benzene rings is 2. The van der Waals surface area contributed by atoms with Crippen molar-refractivity contribution < 1.29 is 18.0 Å². The Bertz CT molecular complexity index is 1200. The van der Waals surface area contributed by atoms with E-state index in [4.69, 9.17) is 17.3 Å². The van der Waals surface area contributed by atoms with Crippen LogP contribution in [0, 0.1) is 6.92 Å². The highest BCUT2D eigenvalue weighted by Crippen LogP contribution is 2.30. The number of fused-ring (bicyclic) bond motifs is 1. The molecule has 7 nitrogen and oxygen atoms in total. The Labute approximate surface area is 164 Å². The van der Waals surface area contributed by atoms with Crippen molar-refractivity contribution in [3.05, 3.63) is 52.0 Å². The summed E-state index contributed by atoms with van der Waals surface area (Å²) in [4.78, 5) is 28.5. The molecular formula is C17H14ClN3O4S2. The molecule has 140 valence electrons. The zero-order valence-corrected chi connectivity index (χ0v) is 16.6. The summed E-state index contributed by atoms with van der Waals surface area (Å²) in [5.74, 6) is -1.28. The van der Waals surface area contributed by atoms with Gasteiger partial charge < -0.3 is 5.73 Å². The number of aryl methyl sites for hydroxylation is 1. The van der Waals surface area contributed by atoms with Gasteiger partial charge in [0.1, 0.15) is 0 Å². The highest BCUT2D eigenvalue weighted by atomic mass is 35.5. The number of sulfone groups is 1. The molecule has 0 unspecified atom stereocenters. The van der Waals surface area contributed by atoms with Crippen LogP contribution in [0.1, 0.15) is 26.3 Å². The Morgan fingerprint density at radius 1 is 1.19 bits per heavy atom. The van der Waals surface area contributed by atoms with Gasteiger partial charge in [-0.2, -0.15) is 0 Å². The number of carbonyl (C=O) groups excluding carboxylic acids is 2. The van der Waals surface area contributed by atoms with E-state index in [0.29, 0.717) is 15.8 Å². The SMILES string of the molecule is Cc1cc(C(N)=O)c(Cl)c(C(=O)Nc2nc3ccc(S(C)(=O)=O)cc3s2)c1. The van der Waals surface area contributed by atoms with Crippen LogP contribution in [0.2, 0.25) is 5.02 Å². The lowest BCUT2D eigenvalue weighted by molar-refractivity contribution is 0.1000. The molecule has 0 bridgehead atoms. The molecule has 0 radical (unpaired) electrons. The quantitative estimate of drug-likeness (QED) is 0.668. The number of hydrogen-bond donors (Lipinski definition) is 2. The van der Waals surface area contributed by atoms with Gasteiger partial charge in [-0.3, -0.25) is 14.9 Å². The van der Waals surface area contributed by atoms with E-state index in [0.717, 1.165) is 17.6 Å². The van der Waals surface area contributed by atoms with Gasteiger partial charge in [-0.1, -0.05) is 22.9 Å². The highest BCUT2D eigenvalue weighted by molar-refractivity contribution is 7.90. The van der Waals surface area contributed by atoms with Crippen molar-refractivity contribution in [1.29, 1.82) is 0 Å². The van der Waals surface area contributed by atoms with Crippen LogP contribution in [0.25, 0.3) is 10.2 Å². The second kappa shape index (κ2) is 6.91. The van der Waals surface area contributed by atoms with E-state index in [1.165, 1.54) is 18.2 Å². The van der Waals surface area contributed by atoms with Gasteiger partial charge in [0.2, 0.25) is 5.91 Å². The van der Waals surface area contributed by atoms with E-state index in [1.54, 1.807) is 19.1 Å². The van der Waals surface area contributed by atoms with Crippen LogP contribution in [-0.4, -0.2) is 31.5 Å². The van der Waals surface area contributed by atoms with Crippen LogP contribution < -0.4 is 11.1 Å². The maximum Gasteiger partial charge on any atom is 0.258 e. The van der Waals surface area contributed by atoms with Gasteiger partial charge in [-0.15, -0.1) is 0 Å². The summed E-state index contributed by atoms with van der Waals surface area (Å²) in [6, 6.07) is 7.58. The average molecular weight is 424 g/mol. The zero-order chi connectivity index (χ0) is 19.9. The van der Waals surface area contributed by atoms with E-state index < -0.39 is 21.7 Å². The number of aromatic nitrogens is 1.